The lowest BCUT2D eigenvalue weighted by molar-refractivity contribution is 0.707. The number of aromatic nitrogens is 2. The zero-order valence-electron chi connectivity index (χ0n) is 7.86. The lowest BCUT2D eigenvalue weighted by Crippen LogP contribution is -2.17. The Morgan fingerprint density at radius 1 is 1.38 bits per heavy atom. The molecule has 1 heterocycles. The van der Waals surface area contributed by atoms with Crippen LogP contribution in [0.2, 0.25) is 0 Å². The molecule has 0 aromatic carbocycles. The molecule has 3 nitrogen and oxygen atoms in total. The fraction of sp³-hybridized carbons (Fsp3) is 0.556. The minimum Gasteiger partial charge on any atom is -0.316 e. The predicted molar refractivity (Wildman–Crippen MR) is 55.9 cm³/mol. The van der Waals surface area contributed by atoms with Crippen molar-refractivity contribution in [3.63, 3.8) is 0 Å². The van der Waals surface area contributed by atoms with Crippen LogP contribution in [0.3, 0.4) is 0 Å². The fourth-order valence-corrected chi connectivity index (χ4v) is 1.62. The van der Waals surface area contributed by atoms with E-state index in [-0.39, 0.29) is 0 Å². The van der Waals surface area contributed by atoms with E-state index in [2.05, 4.69) is 22.2 Å². The van der Waals surface area contributed by atoms with Crippen molar-refractivity contribution in [1.29, 1.82) is 0 Å². The maximum Gasteiger partial charge on any atom is 0.114 e. The maximum absolute atomic E-state index is 4.17. The molecular weight excluding hydrogens is 182 g/mol. The van der Waals surface area contributed by atoms with Crippen LogP contribution in [0.1, 0.15) is 13.3 Å². The summed E-state index contributed by atoms with van der Waals surface area (Å²) in [6.07, 6.45) is 6.40. The van der Waals surface area contributed by atoms with Gasteiger partial charge in [0, 0.05) is 24.7 Å². The van der Waals surface area contributed by atoms with E-state index >= 15 is 0 Å². The Hall–Kier alpha value is -0.610. The van der Waals surface area contributed by atoms with E-state index in [1.807, 2.05) is 0 Å². The van der Waals surface area contributed by atoms with Gasteiger partial charge in [0.1, 0.15) is 5.03 Å². The first-order valence-corrected chi connectivity index (χ1v) is 5.51. The molecule has 1 N–H and O–H groups in total. The van der Waals surface area contributed by atoms with E-state index in [1.54, 1.807) is 30.4 Å². The van der Waals surface area contributed by atoms with Gasteiger partial charge in [0.15, 0.2) is 0 Å². The monoisotopic (exact) mass is 197 g/mol. The molecule has 1 aromatic rings. The molecule has 0 aliphatic carbocycles. The van der Waals surface area contributed by atoms with Crippen molar-refractivity contribution in [1.82, 2.24) is 15.3 Å². The molecule has 0 aliphatic heterocycles. The van der Waals surface area contributed by atoms with Crippen LogP contribution >= 0.6 is 11.8 Å². The second-order valence-corrected chi connectivity index (χ2v) is 3.76. The van der Waals surface area contributed by atoms with E-state index in [9.17, 15) is 0 Å². The highest BCUT2D eigenvalue weighted by Gasteiger charge is 1.93. The Labute approximate surface area is 83.4 Å². The molecule has 72 valence electrons. The standard InChI is InChI=1S/C9H15N3S/c1-2-3-10-6-7-13-9-8-11-4-5-12-9/h4-5,8,10H,2-3,6-7H2,1H3. The van der Waals surface area contributed by atoms with Crippen LogP contribution in [0, 0.1) is 0 Å². The molecule has 0 spiro atoms. The quantitative estimate of drug-likeness (QED) is 0.555. The Kier molecular flexibility index (Phi) is 5.52. The summed E-state index contributed by atoms with van der Waals surface area (Å²) in [5.41, 5.74) is 0. The first kappa shape index (κ1) is 10.5. The largest absolute Gasteiger partial charge is 0.316 e. The van der Waals surface area contributed by atoms with Gasteiger partial charge in [0.25, 0.3) is 0 Å². The van der Waals surface area contributed by atoms with Gasteiger partial charge < -0.3 is 5.32 Å². The summed E-state index contributed by atoms with van der Waals surface area (Å²) in [6.45, 7) is 4.30. The first-order valence-electron chi connectivity index (χ1n) is 4.53. The lowest BCUT2D eigenvalue weighted by Gasteiger charge is -2.01. The average molecular weight is 197 g/mol. The lowest BCUT2D eigenvalue weighted by atomic mass is 10.5. The van der Waals surface area contributed by atoms with Gasteiger partial charge in [-0.15, -0.1) is 11.8 Å². The Morgan fingerprint density at radius 2 is 2.31 bits per heavy atom. The van der Waals surface area contributed by atoms with Crippen LogP contribution in [0.5, 0.6) is 0 Å². The van der Waals surface area contributed by atoms with Gasteiger partial charge in [-0.1, -0.05) is 6.92 Å². The third-order valence-corrected chi connectivity index (χ3v) is 2.41. The normalized spacial score (nSPS) is 10.2. The highest BCUT2D eigenvalue weighted by molar-refractivity contribution is 7.99. The van der Waals surface area contributed by atoms with Crippen LogP contribution in [0.15, 0.2) is 23.6 Å². The fourth-order valence-electron chi connectivity index (χ4n) is 0.889. The number of nitrogens with zero attached hydrogens (tertiary/aromatic N) is 2. The molecule has 1 aromatic heterocycles. The van der Waals surface area contributed by atoms with Crippen molar-refractivity contribution in [2.75, 3.05) is 18.8 Å². The Balaban J connectivity index is 2.07. The van der Waals surface area contributed by atoms with Crippen LogP contribution in [0.25, 0.3) is 0 Å². The molecule has 0 radical (unpaired) electrons. The second kappa shape index (κ2) is 6.86. The van der Waals surface area contributed by atoms with Crippen molar-refractivity contribution in [3.05, 3.63) is 18.6 Å². The molecule has 0 bridgehead atoms. The molecule has 0 atom stereocenters. The number of rotatable bonds is 6. The SMILES string of the molecule is CCCNCCSc1cnccn1. The number of nitrogens with one attached hydrogen (secondary N) is 1. The van der Waals surface area contributed by atoms with E-state index in [0.29, 0.717) is 0 Å². The molecule has 0 aliphatic rings. The van der Waals surface area contributed by atoms with Gasteiger partial charge in [-0.05, 0) is 13.0 Å². The highest BCUT2D eigenvalue weighted by atomic mass is 32.2. The molecule has 0 saturated carbocycles. The van der Waals surface area contributed by atoms with Crippen molar-refractivity contribution in [3.8, 4) is 0 Å². The van der Waals surface area contributed by atoms with Gasteiger partial charge in [-0.2, -0.15) is 0 Å². The van der Waals surface area contributed by atoms with Crippen molar-refractivity contribution in [2.45, 2.75) is 18.4 Å². The van der Waals surface area contributed by atoms with Crippen molar-refractivity contribution in [2.24, 2.45) is 0 Å². The zero-order valence-corrected chi connectivity index (χ0v) is 8.68. The zero-order chi connectivity index (χ0) is 9.36. The van der Waals surface area contributed by atoms with Crippen molar-refractivity contribution >= 4 is 11.8 Å². The number of hydrogen-bond acceptors (Lipinski definition) is 4. The summed E-state index contributed by atoms with van der Waals surface area (Å²) in [5, 5.41) is 4.34. The maximum atomic E-state index is 4.17. The molecule has 0 fully saturated rings. The van der Waals surface area contributed by atoms with Gasteiger partial charge in [0.2, 0.25) is 0 Å². The summed E-state index contributed by atoms with van der Waals surface area (Å²) >= 11 is 1.73. The van der Waals surface area contributed by atoms with E-state index < -0.39 is 0 Å². The number of hydrogen-bond donors (Lipinski definition) is 1. The molecule has 0 saturated heterocycles. The van der Waals surface area contributed by atoms with Gasteiger partial charge >= 0.3 is 0 Å². The summed E-state index contributed by atoms with van der Waals surface area (Å²) in [5.74, 6) is 1.05. The average Bonchev–Trinajstić information content (AvgIpc) is 2.19. The van der Waals surface area contributed by atoms with Gasteiger partial charge in [0.05, 0.1) is 6.20 Å². The first-order chi connectivity index (χ1) is 6.43. The number of thioether (sulfide) groups is 1. The van der Waals surface area contributed by atoms with Crippen LogP contribution in [-0.4, -0.2) is 28.8 Å². The van der Waals surface area contributed by atoms with Crippen molar-refractivity contribution < 1.29 is 0 Å². The Bertz CT molecular complexity index is 215. The topological polar surface area (TPSA) is 37.8 Å². The third kappa shape index (κ3) is 4.85. The minimum absolute atomic E-state index is 1.00. The summed E-state index contributed by atoms with van der Waals surface area (Å²) in [4.78, 5) is 8.17. The third-order valence-electron chi connectivity index (χ3n) is 1.50. The minimum atomic E-state index is 1.00. The summed E-state index contributed by atoms with van der Waals surface area (Å²) in [7, 11) is 0. The second-order valence-electron chi connectivity index (χ2n) is 2.64. The van der Waals surface area contributed by atoms with E-state index in [0.717, 1.165) is 23.9 Å². The summed E-state index contributed by atoms with van der Waals surface area (Å²) < 4.78 is 0. The molecule has 1 rings (SSSR count). The Morgan fingerprint density at radius 3 is 3.00 bits per heavy atom. The van der Waals surface area contributed by atoms with E-state index in [1.165, 1.54) is 6.42 Å². The van der Waals surface area contributed by atoms with E-state index in [4.69, 9.17) is 0 Å². The van der Waals surface area contributed by atoms with Gasteiger partial charge in [-0.25, -0.2) is 4.98 Å². The molecule has 4 heteroatoms. The van der Waals surface area contributed by atoms with Gasteiger partial charge in [-0.3, -0.25) is 4.98 Å². The predicted octanol–water partition coefficient (Wildman–Crippen LogP) is 1.57. The molecule has 13 heavy (non-hydrogen) atoms. The molecule has 0 amide bonds. The highest BCUT2D eigenvalue weighted by Crippen LogP contribution is 2.10. The van der Waals surface area contributed by atoms with Crippen LogP contribution in [-0.2, 0) is 0 Å². The smallest absolute Gasteiger partial charge is 0.114 e. The molecular formula is C9H15N3S. The molecule has 0 unspecified atom stereocenters. The van der Waals surface area contributed by atoms with Crippen LogP contribution < -0.4 is 5.32 Å². The van der Waals surface area contributed by atoms with Crippen LogP contribution in [0.4, 0.5) is 0 Å². The summed E-state index contributed by atoms with van der Waals surface area (Å²) in [6, 6.07) is 0.